The minimum absolute atomic E-state index is 0.00104. The molecule has 2 amide bonds. The Bertz CT molecular complexity index is 1310. The van der Waals surface area contributed by atoms with Crippen LogP contribution in [0.5, 0.6) is 5.75 Å². The first-order valence-corrected chi connectivity index (χ1v) is 11.9. The van der Waals surface area contributed by atoms with Gasteiger partial charge in [-0.05, 0) is 69.4 Å². The molecule has 2 unspecified atom stereocenters. The summed E-state index contributed by atoms with van der Waals surface area (Å²) in [4.78, 5) is 28.3. The zero-order valence-electron chi connectivity index (χ0n) is 20.7. The molecule has 0 radical (unpaired) electrons. The van der Waals surface area contributed by atoms with Crippen LogP contribution in [0.4, 0.5) is 5.69 Å². The van der Waals surface area contributed by atoms with Crippen molar-refractivity contribution >= 4 is 17.5 Å². The highest BCUT2D eigenvalue weighted by Gasteiger charge is 2.47. The highest BCUT2D eigenvalue weighted by Crippen LogP contribution is 2.54. The standard InChI is InChI=1S/C30H31NO3/c1-17-12-14-22(15-13-17)26-25-20(4)27(18(2)19(3)28(25)34-30(26,5)6)31-24(32)16-23(29(31)33)21-10-8-7-9-11-21/h7-15,23,26H,16H2,1-6H3. The SMILES string of the molecule is Cc1ccc(C2c3c(C)c(N4C(=O)CC(c5ccccc5)C4=O)c(C)c(C)c3OC2(C)C)cc1. The van der Waals surface area contributed by atoms with Crippen molar-refractivity contribution in [3.05, 3.63) is 93.5 Å². The summed E-state index contributed by atoms with van der Waals surface area (Å²) >= 11 is 0. The van der Waals surface area contributed by atoms with Crippen LogP contribution in [0.2, 0.25) is 0 Å². The summed E-state index contributed by atoms with van der Waals surface area (Å²) in [6, 6.07) is 18.2. The van der Waals surface area contributed by atoms with E-state index in [4.69, 9.17) is 4.74 Å². The van der Waals surface area contributed by atoms with Crippen molar-refractivity contribution in [2.24, 2.45) is 0 Å². The smallest absolute Gasteiger partial charge is 0.241 e. The minimum Gasteiger partial charge on any atom is -0.486 e. The van der Waals surface area contributed by atoms with Crippen LogP contribution >= 0.6 is 0 Å². The molecular weight excluding hydrogens is 422 g/mol. The zero-order valence-corrected chi connectivity index (χ0v) is 20.7. The van der Waals surface area contributed by atoms with Crippen molar-refractivity contribution in [1.82, 2.24) is 0 Å². The lowest BCUT2D eigenvalue weighted by atomic mass is 9.78. The minimum atomic E-state index is -0.455. The Balaban J connectivity index is 1.67. The Morgan fingerprint density at radius 2 is 1.47 bits per heavy atom. The number of amides is 2. The summed E-state index contributed by atoms with van der Waals surface area (Å²) in [6.45, 7) is 12.4. The first-order valence-electron chi connectivity index (χ1n) is 11.9. The lowest BCUT2D eigenvalue weighted by Gasteiger charge is -2.28. The summed E-state index contributed by atoms with van der Waals surface area (Å²) in [6.07, 6.45) is 0.196. The molecule has 174 valence electrons. The van der Waals surface area contributed by atoms with Gasteiger partial charge < -0.3 is 4.74 Å². The molecule has 0 bridgehead atoms. The van der Waals surface area contributed by atoms with Gasteiger partial charge in [0.05, 0.1) is 17.5 Å². The molecule has 0 aromatic heterocycles. The fourth-order valence-electron chi connectivity index (χ4n) is 5.75. The number of anilines is 1. The quantitative estimate of drug-likeness (QED) is 0.439. The van der Waals surface area contributed by atoms with Crippen molar-refractivity contribution < 1.29 is 14.3 Å². The highest BCUT2D eigenvalue weighted by molar-refractivity contribution is 6.23. The van der Waals surface area contributed by atoms with E-state index < -0.39 is 11.5 Å². The third-order valence-corrected chi connectivity index (χ3v) is 7.59. The van der Waals surface area contributed by atoms with Gasteiger partial charge in [-0.1, -0.05) is 60.2 Å². The van der Waals surface area contributed by atoms with E-state index in [-0.39, 0.29) is 24.2 Å². The maximum Gasteiger partial charge on any atom is 0.241 e. The number of nitrogens with zero attached hydrogens (tertiary/aromatic N) is 1. The Morgan fingerprint density at radius 3 is 2.12 bits per heavy atom. The molecule has 0 aliphatic carbocycles. The summed E-state index contributed by atoms with van der Waals surface area (Å²) in [5, 5.41) is 0. The summed E-state index contributed by atoms with van der Waals surface area (Å²) < 4.78 is 6.56. The molecule has 0 N–H and O–H groups in total. The van der Waals surface area contributed by atoms with Gasteiger partial charge in [-0.3, -0.25) is 9.59 Å². The Labute approximate surface area is 201 Å². The number of imide groups is 1. The summed E-state index contributed by atoms with van der Waals surface area (Å²) in [7, 11) is 0. The monoisotopic (exact) mass is 453 g/mol. The van der Waals surface area contributed by atoms with Crippen LogP contribution in [0, 0.1) is 27.7 Å². The van der Waals surface area contributed by atoms with Crippen LogP contribution < -0.4 is 9.64 Å². The van der Waals surface area contributed by atoms with Gasteiger partial charge in [0.1, 0.15) is 11.4 Å². The maximum atomic E-state index is 13.6. The van der Waals surface area contributed by atoms with Gasteiger partial charge in [0, 0.05) is 12.0 Å². The van der Waals surface area contributed by atoms with E-state index in [1.165, 1.54) is 16.0 Å². The first-order chi connectivity index (χ1) is 16.1. The van der Waals surface area contributed by atoms with Crippen LogP contribution in [0.3, 0.4) is 0 Å². The van der Waals surface area contributed by atoms with Gasteiger partial charge in [0.25, 0.3) is 0 Å². The van der Waals surface area contributed by atoms with Crippen LogP contribution in [0.25, 0.3) is 0 Å². The molecule has 2 heterocycles. The number of benzene rings is 3. The predicted molar refractivity (Wildman–Crippen MR) is 135 cm³/mol. The molecule has 0 saturated carbocycles. The zero-order chi connectivity index (χ0) is 24.4. The fourth-order valence-corrected chi connectivity index (χ4v) is 5.75. The molecule has 5 rings (SSSR count). The van der Waals surface area contributed by atoms with E-state index in [0.717, 1.165) is 39.3 Å². The lowest BCUT2D eigenvalue weighted by Crippen LogP contribution is -2.32. The second-order valence-corrected chi connectivity index (χ2v) is 10.3. The third kappa shape index (κ3) is 3.27. The normalized spacial score (nSPS) is 21.1. The Morgan fingerprint density at radius 1 is 0.824 bits per heavy atom. The van der Waals surface area contributed by atoms with E-state index in [2.05, 4.69) is 45.0 Å². The van der Waals surface area contributed by atoms with Gasteiger partial charge in [0.2, 0.25) is 11.8 Å². The Kier molecular flexibility index (Phi) is 5.16. The molecule has 4 nitrogen and oxygen atoms in total. The lowest BCUT2D eigenvalue weighted by molar-refractivity contribution is -0.121. The largest absolute Gasteiger partial charge is 0.486 e. The van der Waals surface area contributed by atoms with Crippen molar-refractivity contribution in [3.63, 3.8) is 0 Å². The average molecular weight is 454 g/mol. The molecule has 1 saturated heterocycles. The number of ether oxygens (including phenoxy) is 1. The van der Waals surface area contributed by atoms with E-state index in [9.17, 15) is 9.59 Å². The number of hydrogen-bond acceptors (Lipinski definition) is 3. The topological polar surface area (TPSA) is 46.6 Å². The first kappa shape index (κ1) is 22.4. The van der Waals surface area contributed by atoms with Crippen molar-refractivity contribution in [2.75, 3.05) is 4.90 Å². The molecule has 3 aromatic rings. The molecular formula is C30H31NO3. The number of carbonyl (C=O) groups excluding carboxylic acids is 2. The number of carbonyl (C=O) groups is 2. The second kappa shape index (κ2) is 7.83. The number of rotatable bonds is 3. The van der Waals surface area contributed by atoms with Gasteiger partial charge in [0.15, 0.2) is 0 Å². The van der Waals surface area contributed by atoms with Crippen LogP contribution in [0.15, 0.2) is 54.6 Å². The summed E-state index contributed by atoms with van der Waals surface area (Å²) in [5.41, 5.74) is 7.48. The Hall–Kier alpha value is -3.40. The van der Waals surface area contributed by atoms with E-state index in [0.29, 0.717) is 0 Å². The second-order valence-electron chi connectivity index (χ2n) is 10.3. The average Bonchev–Trinajstić information content (AvgIpc) is 3.26. The fraction of sp³-hybridized carbons (Fsp3) is 0.333. The van der Waals surface area contributed by atoms with Gasteiger partial charge in [-0.25, -0.2) is 4.90 Å². The predicted octanol–water partition coefficient (Wildman–Crippen LogP) is 6.27. The van der Waals surface area contributed by atoms with Crippen molar-refractivity contribution in [3.8, 4) is 5.75 Å². The van der Waals surface area contributed by atoms with Crippen LogP contribution in [-0.2, 0) is 9.59 Å². The van der Waals surface area contributed by atoms with Gasteiger partial charge >= 0.3 is 0 Å². The molecule has 4 heteroatoms. The van der Waals surface area contributed by atoms with E-state index >= 15 is 0 Å². The molecule has 2 aliphatic rings. The number of aryl methyl sites for hydroxylation is 1. The molecule has 0 spiro atoms. The molecule has 3 aromatic carbocycles. The van der Waals surface area contributed by atoms with E-state index in [1.54, 1.807) is 0 Å². The van der Waals surface area contributed by atoms with Crippen LogP contribution in [-0.4, -0.2) is 17.4 Å². The molecule has 1 fully saturated rings. The summed E-state index contributed by atoms with van der Waals surface area (Å²) in [5.74, 6) is 0.148. The number of hydrogen-bond donors (Lipinski definition) is 0. The van der Waals surface area contributed by atoms with Gasteiger partial charge in [-0.2, -0.15) is 0 Å². The maximum absolute atomic E-state index is 13.6. The number of fused-ring (bicyclic) bond motifs is 1. The van der Waals surface area contributed by atoms with Crippen LogP contribution in [0.1, 0.15) is 71.0 Å². The van der Waals surface area contributed by atoms with Crippen molar-refractivity contribution in [2.45, 2.75) is 65.4 Å². The van der Waals surface area contributed by atoms with Gasteiger partial charge in [-0.15, -0.1) is 0 Å². The highest BCUT2D eigenvalue weighted by atomic mass is 16.5. The third-order valence-electron chi connectivity index (χ3n) is 7.59. The molecule has 34 heavy (non-hydrogen) atoms. The molecule has 2 atom stereocenters. The molecule has 2 aliphatic heterocycles. The van der Waals surface area contributed by atoms with Crippen molar-refractivity contribution in [1.29, 1.82) is 0 Å². The van der Waals surface area contributed by atoms with E-state index in [1.807, 2.05) is 51.1 Å².